The molecule has 88 valence electrons. The summed E-state index contributed by atoms with van der Waals surface area (Å²) in [6.45, 7) is 2.35. The van der Waals surface area contributed by atoms with Crippen molar-refractivity contribution in [1.82, 2.24) is 5.32 Å². The summed E-state index contributed by atoms with van der Waals surface area (Å²) >= 11 is 0. The second kappa shape index (κ2) is 6.25. The van der Waals surface area contributed by atoms with Crippen LogP contribution in [-0.2, 0) is 6.54 Å². The molecule has 0 radical (unpaired) electrons. The molecule has 0 aliphatic rings. The van der Waals surface area contributed by atoms with E-state index >= 15 is 0 Å². The standard InChI is InChI=1S/C12H18N2O2/c1-2-11(8-15)14-12(16)10-5-3-9(7-13)4-6-10/h3-6,11,15H,2,7-8,13H2,1H3,(H,14,16)/t11-/m1/s1. The van der Waals surface area contributed by atoms with E-state index < -0.39 is 0 Å². The molecule has 0 aromatic heterocycles. The number of carbonyl (C=O) groups is 1. The zero-order valence-corrected chi connectivity index (χ0v) is 9.44. The van der Waals surface area contributed by atoms with Gasteiger partial charge in [-0.05, 0) is 24.1 Å². The highest BCUT2D eigenvalue weighted by atomic mass is 16.3. The van der Waals surface area contributed by atoms with Crippen LogP contribution in [-0.4, -0.2) is 23.7 Å². The number of amides is 1. The molecule has 1 atom stereocenters. The van der Waals surface area contributed by atoms with Gasteiger partial charge in [0.25, 0.3) is 5.91 Å². The Morgan fingerprint density at radius 1 is 1.44 bits per heavy atom. The molecule has 4 N–H and O–H groups in total. The van der Waals surface area contributed by atoms with Gasteiger partial charge in [0.2, 0.25) is 0 Å². The molecule has 0 aliphatic heterocycles. The van der Waals surface area contributed by atoms with Crippen LogP contribution in [0.2, 0.25) is 0 Å². The Bertz CT molecular complexity index is 331. The number of nitrogens with one attached hydrogen (secondary N) is 1. The lowest BCUT2D eigenvalue weighted by atomic mass is 10.1. The average molecular weight is 222 g/mol. The fourth-order valence-corrected chi connectivity index (χ4v) is 1.34. The lowest BCUT2D eigenvalue weighted by Gasteiger charge is -2.13. The van der Waals surface area contributed by atoms with Gasteiger partial charge in [-0.15, -0.1) is 0 Å². The van der Waals surface area contributed by atoms with Crippen LogP contribution in [0.15, 0.2) is 24.3 Å². The molecular formula is C12H18N2O2. The summed E-state index contributed by atoms with van der Waals surface area (Å²) in [5.41, 5.74) is 7.04. The van der Waals surface area contributed by atoms with Gasteiger partial charge in [-0.1, -0.05) is 19.1 Å². The Labute approximate surface area is 95.5 Å². The highest BCUT2D eigenvalue weighted by molar-refractivity contribution is 5.94. The normalized spacial score (nSPS) is 12.2. The van der Waals surface area contributed by atoms with E-state index in [1.807, 2.05) is 19.1 Å². The van der Waals surface area contributed by atoms with E-state index in [0.717, 1.165) is 5.56 Å². The van der Waals surface area contributed by atoms with Crippen molar-refractivity contribution in [3.05, 3.63) is 35.4 Å². The summed E-state index contributed by atoms with van der Waals surface area (Å²) in [4.78, 5) is 11.7. The molecule has 0 fully saturated rings. The van der Waals surface area contributed by atoms with Gasteiger partial charge in [0.05, 0.1) is 12.6 Å². The SMILES string of the molecule is CC[C@H](CO)NC(=O)c1ccc(CN)cc1. The summed E-state index contributed by atoms with van der Waals surface area (Å²) in [6, 6.07) is 6.95. The second-order valence-electron chi connectivity index (χ2n) is 3.66. The largest absolute Gasteiger partial charge is 0.394 e. The van der Waals surface area contributed by atoms with E-state index in [2.05, 4.69) is 5.32 Å². The number of nitrogens with two attached hydrogens (primary N) is 1. The molecule has 0 saturated carbocycles. The van der Waals surface area contributed by atoms with Gasteiger partial charge < -0.3 is 16.2 Å². The van der Waals surface area contributed by atoms with Gasteiger partial charge in [-0.2, -0.15) is 0 Å². The molecule has 0 unspecified atom stereocenters. The molecule has 1 aromatic rings. The number of hydrogen-bond donors (Lipinski definition) is 3. The summed E-state index contributed by atoms with van der Waals surface area (Å²) in [5, 5.41) is 11.7. The van der Waals surface area contributed by atoms with Crippen molar-refractivity contribution in [2.45, 2.75) is 25.9 Å². The predicted octanol–water partition coefficient (Wildman–Crippen LogP) is 0.646. The fourth-order valence-electron chi connectivity index (χ4n) is 1.34. The molecule has 1 amide bonds. The Hall–Kier alpha value is -1.39. The number of aliphatic hydroxyl groups is 1. The third-order valence-corrected chi connectivity index (χ3v) is 2.50. The van der Waals surface area contributed by atoms with Gasteiger partial charge in [-0.3, -0.25) is 4.79 Å². The Kier molecular flexibility index (Phi) is 4.95. The van der Waals surface area contributed by atoms with E-state index in [1.54, 1.807) is 12.1 Å². The molecule has 0 saturated heterocycles. The number of benzene rings is 1. The zero-order chi connectivity index (χ0) is 12.0. The quantitative estimate of drug-likeness (QED) is 0.684. The Morgan fingerprint density at radius 2 is 2.06 bits per heavy atom. The van der Waals surface area contributed by atoms with Crippen molar-refractivity contribution < 1.29 is 9.90 Å². The first-order valence-corrected chi connectivity index (χ1v) is 5.42. The maximum atomic E-state index is 11.7. The van der Waals surface area contributed by atoms with E-state index in [1.165, 1.54) is 0 Å². The topological polar surface area (TPSA) is 75.3 Å². The first-order chi connectivity index (χ1) is 7.71. The molecular weight excluding hydrogens is 204 g/mol. The monoisotopic (exact) mass is 222 g/mol. The predicted molar refractivity (Wildman–Crippen MR) is 63.0 cm³/mol. The van der Waals surface area contributed by atoms with Crippen molar-refractivity contribution in [2.24, 2.45) is 5.73 Å². The highest BCUT2D eigenvalue weighted by Gasteiger charge is 2.10. The van der Waals surface area contributed by atoms with Crippen molar-refractivity contribution in [3.8, 4) is 0 Å². The van der Waals surface area contributed by atoms with Gasteiger partial charge >= 0.3 is 0 Å². The number of hydrogen-bond acceptors (Lipinski definition) is 3. The summed E-state index contributed by atoms with van der Waals surface area (Å²) in [5.74, 6) is -0.163. The minimum Gasteiger partial charge on any atom is -0.394 e. The van der Waals surface area contributed by atoms with E-state index in [0.29, 0.717) is 18.5 Å². The number of carbonyl (C=O) groups excluding carboxylic acids is 1. The van der Waals surface area contributed by atoms with Crippen LogP contribution in [0.3, 0.4) is 0 Å². The van der Waals surface area contributed by atoms with Crippen LogP contribution >= 0.6 is 0 Å². The average Bonchev–Trinajstić information content (AvgIpc) is 2.35. The molecule has 4 heteroatoms. The summed E-state index contributed by atoms with van der Waals surface area (Å²) < 4.78 is 0. The molecule has 0 spiro atoms. The minimum absolute atomic E-state index is 0.0386. The van der Waals surface area contributed by atoms with Crippen molar-refractivity contribution in [3.63, 3.8) is 0 Å². The lowest BCUT2D eigenvalue weighted by molar-refractivity contribution is 0.0915. The molecule has 16 heavy (non-hydrogen) atoms. The zero-order valence-electron chi connectivity index (χ0n) is 9.44. The molecule has 0 heterocycles. The maximum absolute atomic E-state index is 11.7. The number of rotatable bonds is 5. The molecule has 1 rings (SSSR count). The molecule has 4 nitrogen and oxygen atoms in total. The van der Waals surface area contributed by atoms with Crippen LogP contribution in [0.4, 0.5) is 0 Å². The van der Waals surface area contributed by atoms with Gasteiger partial charge in [0.15, 0.2) is 0 Å². The highest BCUT2D eigenvalue weighted by Crippen LogP contribution is 2.04. The number of aliphatic hydroxyl groups excluding tert-OH is 1. The summed E-state index contributed by atoms with van der Waals surface area (Å²) in [6.07, 6.45) is 0.711. The smallest absolute Gasteiger partial charge is 0.251 e. The van der Waals surface area contributed by atoms with Crippen molar-refractivity contribution in [1.29, 1.82) is 0 Å². The van der Waals surface area contributed by atoms with Crippen LogP contribution in [0, 0.1) is 0 Å². The molecule has 0 aliphatic carbocycles. The maximum Gasteiger partial charge on any atom is 0.251 e. The summed E-state index contributed by atoms with van der Waals surface area (Å²) in [7, 11) is 0. The van der Waals surface area contributed by atoms with Gasteiger partial charge in [-0.25, -0.2) is 0 Å². The van der Waals surface area contributed by atoms with Crippen molar-refractivity contribution in [2.75, 3.05) is 6.61 Å². The van der Waals surface area contributed by atoms with Crippen LogP contribution in [0.1, 0.15) is 29.3 Å². The third-order valence-electron chi connectivity index (χ3n) is 2.50. The van der Waals surface area contributed by atoms with Gasteiger partial charge in [0, 0.05) is 12.1 Å². The van der Waals surface area contributed by atoms with Crippen LogP contribution in [0.5, 0.6) is 0 Å². The van der Waals surface area contributed by atoms with Crippen molar-refractivity contribution >= 4 is 5.91 Å². The Morgan fingerprint density at radius 3 is 2.50 bits per heavy atom. The fraction of sp³-hybridized carbons (Fsp3) is 0.417. The molecule has 0 bridgehead atoms. The minimum atomic E-state index is -0.179. The molecule has 1 aromatic carbocycles. The van der Waals surface area contributed by atoms with Crippen LogP contribution < -0.4 is 11.1 Å². The van der Waals surface area contributed by atoms with E-state index in [-0.39, 0.29) is 18.6 Å². The Balaban J connectivity index is 2.65. The third kappa shape index (κ3) is 3.32. The lowest BCUT2D eigenvalue weighted by Crippen LogP contribution is -2.36. The first kappa shape index (κ1) is 12.7. The second-order valence-corrected chi connectivity index (χ2v) is 3.66. The van der Waals surface area contributed by atoms with E-state index in [4.69, 9.17) is 10.8 Å². The first-order valence-electron chi connectivity index (χ1n) is 5.42. The van der Waals surface area contributed by atoms with E-state index in [9.17, 15) is 4.79 Å². The van der Waals surface area contributed by atoms with Crippen LogP contribution in [0.25, 0.3) is 0 Å². The van der Waals surface area contributed by atoms with Gasteiger partial charge in [0.1, 0.15) is 0 Å².